The van der Waals surface area contributed by atoms with E-state index in [2.05, 4.69) is 116 Å². The van der Waals surface area contributed by atoms with Crippen molar-refractivity contribution in [3.63, 3.8) is 0 Å². The lowest BCUT2D eigenvalue weighted by Crippen LogP contribution is -2.73. The van der Waals surface area contributed by atoms with Crippen LogP contribution in [0.4, 0.5) is 11.4 Å². The van der Waals surface area contributed by atoms with E-state index in [-0.39, 0.29) is 5.41 Å². The number of rotatable bonds is 9. The van der Waals surface area contributed by atoms with Crippen LogP contribution in [0.2, 0.25) is 0 Å². The van der Waals surface area contributed by atoms with Gasteiger partial charge in [-0.2, -0.15) is 0 Å². The van der Waals surface area contributed by atoms with Gasteiger partial charge < -0.3 is 10.2 Å². The van der Waals surface area contributed by atoms with Crippen LogP contribution in [0.3, 0.4) is 0 Å². The molecule has 0 aliphatic carbocycles. The Labute approximate surface area is 180 Å². The third-order valence-electron chi connectivity index (χ3n) is 6.00. The first-order chi connectivity index (χ1) is 13.4. The van der Waals surface area contributed by atoms with Gasteiger partial charge in [0.25, 0.3) is 0 Å². The van der Waals surface area contributed by atoms with E-state index in [0.717, 1.165) is 30.4 Å². The number of hydrogen-bond acceptors (Lipinski definition) is 1. The highest BCUT2D eigenvalue weighted by atomic mass is 79.9. The molecule has 0 saturated heterocycles. The van der Waals surface area contributed by atoms with Crippen LogP contribution >= 0.6 is 15.9 Å². The van der Waals surface area contributed by atoms with Gasteiger partial charge in [0.1, 0.15) is 5.69 Å². The van der Waals surface area contributed by atoms with Crippen LogP contribution < -0.4 is 10.2 Å². The molecule has 152 valence electrons. The molecule has 0 aromatic heterocycles. The monoisotopic (exact) mass is 443 g/mol. The molecule has 2 aromatic carbocycles. The maximum Gasteiger partial charge on any atom is 0.133 e. The summed E-state index contributed by atoms with van der Waals surface area (Å²) < 4.78 is 1.15. The summed E-state index contributed by atoms with van der Waals surface area (Å²) in [7, 11) is 2.12. The molecule has 0 amide bonds. The second-order valence-electron chi connectivity index (χ2n) is 7.75. The zero-order valence-electron chi connectivity index (χ0n) is 18.3. The Balaban J connectivity index is 2.23. The summed E-state index contributed by atoms with van der Waals surface area (Å²) >= 11 is 3.66. The van der Waals surface area contributed by atoms with Crippen LogP contribution in [-0.4, -0.2) is 20.1 Å². The fourth-order valence-corrected chi connectivity index (χ4v) is 4.19. The van der Waals surface area contributed by atoms with E-state index in [4.69, 9.17) is 0 Å². The van der Waals surface area contributed by atoms with Crippen molar-refractivity contribution in [1.29, 1.82) is 0 Å². The summed E-state index contributed by atoms with van der Waals surface area (Å²) in [6.45, 7) is 13.4. The first-order valence-electron chi connectivity index (χ1n) is 10.5. The van der Waals surface area contributed by atoms with Crippen LogP contribution in [0, 0.1) is 6.92 Å². The minimum absolute atomic E-state index is 0.122. The third-order valence-corrected chi connectivity index (χ3v) is 6.50. The number of allylic oxidation sites excluding steroid dienone is 1. The minimum Gasteiger partial charge on any atom is -0.372 e. The molecule has 2 aromatic rings. The number of aryl methyl sites for hydroxylation is 1. The molecule has 1 unspecified atom stereocenters. The van der Waals surface area contributed by atoms with Gasteiger partial charge in [-0.15, -0.1) is 0 Å². The summed E-state index contributed by atoms with van der Waals surface area (Å²) in [5, 5.41) is 2.22. The molecule has 28 heavy (non-hydrogen) atoms. The molecule has 0 aliphatic heterocycles. The zero-order chi connectivity index (χ0) is 20.7. The summed E-state index contributed by atoms with van der Waals surface area (Å²) in [4.78, 5) is 2.39. The second kappa shape index (κ2) is 10.3. The van der Waals surface area contributed by atoms with Gasteiger partial charge in [0.15, 0.2) is 0 Å². The summed E-state index contributed by atoms with van der Waals surface area (Å²) in [5.74, 6) is 0. The first kappa shape index (κ1) is 22.7. The Bertz CT molecular complexity index is 808. The summed E-state index contributed by atoms with van der Waals surface area (Å²) in [5.41, 5.74) is 6.84. The summed E-state index contributed by atoms with van der Waals surface area (Å²) in [6, 6.07) is 13.4. The highest BCUT2D eigenvalue weighted by molar-refractivity contribution is 9.10. The Morgan fingerprint density at radius 2 is 1.79 bits per heavy atom. The van der Waals surface area contributed by atoms with Gasteiger partial charge in [0, 0.05) is 40.3 Å². The Morgan fingerprint density at radius 3 is 2.36 bits per heavy atom. The molecule has 0 saturated carbocycles. The SMILES string of the molecule is CCN(CC)c1ccc(/C=C/CC(C)(CC)c2cc(Br)ccc2[NH2+]C)c(C)c1. The maximum absolute atomic E-state index is 3.66. The van der Waals surface area contributed by atoms with E-state index in [1.165, 1.54) is 28.1 Å². The number of quaternary nitrogens is 1. The topological polar surface area (TPSA) is 19.9 Å². The minimum atomic E-state index is 0.122. The van der Waals surface area contributed by atoms with Crippen LogP contribution in [-0.2, 0) is 5.41 Å². The number of nitrogens with zero attached hydrogens (tertiary/aromatic N) is 1. The highest BCUT2D eigenvalue weighted by Crippen LogP contribution is 2.36. The molecular formula is C25H36BrN2+. The van der Waals surface area contributed by atoms with Crippen LogP contribution in [0.5, 0.6) is 0 Å². The molecule has 0 fully saturated rings. The van der Waals surface area contributed by atoms with E-state index in [1.807, 2.05) is 0 Å². The van der Waals surface area contributed by atoms with Gasteiger partial charge in [-0.3, -0.25) is 0 Å². The van der Waals surface area contributed by atoms with E-state index in [9.17, 15) is 0 Å². The van der Waals surface area contributed by atoms with Gasteiger partial charge in [0.05, 0.1) is 7.05 Å². The molecule has 0 heterocycles. The van der Waals surface area contributed by atoms with Gasteiger partial charge in [-0.25, -0.2) is 0 Å². The first-order valence-corrected chi connectivity index (χ1v) is 11.3. The van der Waals surface area contributed by atoms with Crippen molar-refractivity contribution in [3.05, 3.63) is 63.6 Å². The second-order valence-corrected chi connectivity index (χ2v) is 8.67. The van der Waals surface area contributed by atoms with Crippen molar-refractivity contribution in [1.82, 2.24) is 0 Å². The Morgan fingerprint density at radius 1 is 1.07 bits per heavy atom. The number of hydrogen-bond donors (Lipinski definition) is 1. The smallest absolute Gasteiger partial charge is 0.133 e. The predicted octanol–water partition coefficient (Wildman–Crippen LogP) is 6.20. The predicted molar refractivity (Wildman–Crippen MR) is 128 cm³/mol. The fourth-order valence-electron chi connectivity index (χ4n) is 3.83. The summed E-state index contributed by atoms with van der Waals surface area (Å²) in [6.07, 6.45) is 6.78. The number of anilines is 1. The Hall–Kier alpha value is -1.58. The lowest BCUT2D eigenvalue weighted by molar-refractivity contribution is -0.540. The van der Waals surface area contributed by atoms with E-state index < -0.39 is 0 Å². The molecule has 3 heteroatoms. The molecule has 0 radical (unpaired) electrons. The lowest BCUT2D eigenvalue weighted by Gasteiger charge is -2.28. The average Bonchev–Trinajstić information content (AvgIpc) is 2.70. The molecule has 0 bridgehead atoms. The molecule has 2 nitrogen and oxygen atoms in total. The molecule has 1 atom stereocenters. The molecule has 2 N–H and O–H groups in total. The molecule has 2 rings (SSSR count). The zero-order valence-corrected chi connectivity index (χ0v) is 19.9. The lowest BCUT2D eigenvalue weighted by atomic mass is 9.76. The normalized spacial score (nSPS) is 13.7. The number of halogens is 1. The molecule has 0 spiro atoms. The van der Waals surface area contributed by atoms with Crippen LogP contribution in [0.1, 0.15) is 57.2 Å². The number of benzene rings is 2. The van der Waals surface area contributed by atoms with Crippen molar-refractivity contribution in [2.75, 3.05) is 25.0 Å². The van der Waals surface area contributed by atoms with E-state index >= 15 is 0 Å². The van der Waals surface area contributed by atoms with Crippen molar-refractivity contribution < 1.29 is 5.32 Å². The number of nitrogens with two attached hydrogens (primary N) is 1. The van der Waals surface area contributed by atoms with Crippen molar-refractivity contribution in [2.24, 2.45) is 0 Å². The van der Waals surface area contributed by atoms with Crippen molar-refractivity contribution in [2.45, 2.75) is 52.9 Å². The highest BCUT2D eigenvalue weighted by Gasteiger charge is 2.27. The quantitative estimate of drug-likeness (QED) is 0.457. The standard InChI is InChI=1S/C25H35BrN2/c1-7-25(5,23-18-21(26)13-15-24(23)27-6)16-10-11-20-12-14-22(17-19(20)4)28(8-2)9-3/h10-15,17-18,27H,7-9,16H2,1-6H3/p+1/b11-10+. The van der Waals surface area contributed by atoms with Crippen molar-refractivity contribution in [3.8, 4) is 0 Å². The van der Waals surface area contributed by atoms with Crippen LogP contribution in [0.15, 0.2) is 46.9 Å². The molecule has 0 aliphatic rings. The average molecular weight is 444 g/mol. The van der Waals surface area contributed by atoms with Crippen molar-refractivity contribution >= 4 is 33.4 Å². The fraction of sp³-hybridized carbons (Fsp3) is 0.440. The van der Waals surface area contributed by atoms with Gasteiger partial charge in [0.2, 0.25) is 0 Å². The van der Waals surface area contributed by atoms with E-state index in [1.54, 1.807) is 0 Å². The molecular weight excluding hydrogens is 408 g/mol. The Kier molecular flexibility index (Phi) is 8.33. The van der Waals surface area contributed by atoms with Gasteiger partial charge in [-0.1, -0.05) is 48.0 Å². The largest absolute Gasteiger partial charge is 0.372 e. The van der Waals surface area contributed by atoms with Crippen LogP contribution in [0.25, 0.3) is 6.08 Å². The van der Waals surface area contributed by atoms with Gasteiger partial charge in [-0.05, 0) is 69.0 Å². The third kappa shape index (κ3) is 5.27. The van der Waals surface area contributed by atoms with Gasteiger partial charge >= 0.3 is 0 Å². The maximum atomic E-state index is 3.66. The van der Waals surface area contributed by atoms with E-state index in [0.29, 0.717) is 0 Å².